The van der Waals surface area contributed by atoms with Gasteiger partial charge in [0.2, 0.25) is 0 Å². The first kappa shape index (κ1) is 14.8. The third-order valence-corrected chi connectivity index (χ3v) is 2.21. The predicted molar refractivity (Wildman–Crippen MR) is 61.6 cm³/mol. The number of nitrogens with two attached hydrogens (primary N) is 1. The Bertz CT molecular complexity index is 379. The van der Waals surface area contributed by atoms with Gasteiger partial charge in [0.05, 0.1) is 5.56 Å². The van der Waals surface area contributed by atoms with Crippen LogP contribution in [0.5, 0.6) is 0 Å². The fourth-order valence-electron chi connectivity index (χ4n) is 1.34. The summed E-state index contributed by atoms with van der Waals surface area (Å²) in [6.07, 6.45) is 1.22. The molecule has 3 N–H and O–H groups in total. The molecule has 0 amide bonds. The Labute approximate surface area is 100 Å². The van der Waals surface area contributed by atoms with Crippen molar-refractivity contribution in [1.29, 1.82) is 5.26 Å². The number of aliphatic hydroxyl groups is 1. The van der Waals surface area contributed by atoms with Crippen LogP contribution >= 0.6 is 12.4 Å². The SMILES string of the molecule is Cl.N#Cc1cc([C@@H](N)CCCO)ccc1F. The molecule has 1 aromatic carbocycles. The van der Waals surface area contributed by atoms with Gasteiger partial charge in [0.15, 0.2) is 0 Å². The Morgan fingerprint density at radius 2 is 2.19 bits per heavy atom. The third-order valence-electron chi connectivity index (χ3n) is 2.21. The van der Waals surface area contributed by atoms with E-state index in [0.29, 0.717) is 12.8 Å². The third kappa shape index (κ3) is 3.78. The van der Waals surface area contributed by atoms with Gasteiger partial charge in [-0.2, -0.15) is 5.26 Å². The molecule has 0 aromatic heterocycles. The fraction of sp³-hybridized carbons (Fsp3) is 0.364. The van der Waals surface area contributed by atoms with Crippen LogP contribution in [-0.2, 0) is 0 Å². The van der Waals surface area contributed by atoms with Crippen LogP contribution in [0.3, 0.4) is 0 Å². The lowest BCUT2D eigenvalue weighted by molar-refractivity contribution is 0.280. The van der Waals surface area contributed by atoms with Crippen LogP contribution in [0.15, 0.2) is 18.2 Å². The second-order valence-corrected chi connectivity index (χ2v) is 3.32. The summed E-state index contributed by atoms with van der Waals surface area (Å²) in [6, 6.07) is 5.77. The van der Waals surface area contributed by atoms with Gasteiger partial charge in [-0.15, -0.1) is 12.4 Å². The van der Waals surface area contributed by atoms with Crippen molar-refractivity contribution in [2.45, 2.75) is 18.9 Å². The molecule has 1 rings (SSSR count). The zero-order valence-electron chi connectivity index (χ0n) is 8.69. The van der Waals surface area contributed by atoms with Crippen molar-refractivity contribution < 1.29 is 9.50 Å². The van der Waals surface area contributed by atoms with Crippen molar-refractivity contribution in [2.75, 3.05) is 6.61 Å². The molecule has 5 heteroatoms. The van der Waals surface area contributed by atoms with Gasteiger partial charge in [-0.25, -0.2) is 4.39 Å². The standard InChI is InChI=1S/C11H13FN2O.ClH/c12-10-4-3-8(6-9(10)7-13)11(14)2-1-5-15;/h3-4,6,11,15H,1-2,5,14H2;1H/t11-;/m0./s1. The lowest BCUT2D eigenvalue weighted by Crippen LogP contribution is -2.11. The van der Waals surface area contributed by atoms with Crippen molar-refractivity contribution >= 4 is 12.4 Å². The van der Waals surface area contributed by atoms with Crippen molar-refractivity contribution in [1.82, 2.24) is 0 Å². The van der Waals surface area contributed by atoms with E-state index in [1.165, 1.54) is 12.1 Å². The van der Waals surface area contributed by atoms with E-state index < -0.39 is 5.82 Å². The number of aliphatic hydroxyl groups excluding tert-OH is 1. The van der Waals surface area contributed by atoms with Gasteiger partial charge in [0, 0.05) is 12.6 Å². The average molecular weight is 245 g/mol. The molecule has 0 unspecified atom stereocenters. The van der Waals surface area contributed by atoms with E-state index in [2.05, 4.69) is 0 Å². The van der Waals surface area contributed by atoms with E-state index in [0.717, 1.165) is 5.56 Å². The van der Waals surface area contributed by atoms with E-state index in [1.807, 2.05) is 0 Å². The van der Waals surface area contributed by atoms with Crippen LogP contribution in [0.2, 0.25) is 0 Å². The van der Waals surface area contributed by atoms with Crippen molar-refractivity contribution in [3.8, 4) is 6.07 Å². The topological polar surface area (TPSA) is 70.0 Å². The first-order valence-electron chi connectivity index (χ1n) is 4.75. The Hall–Kier alpha value is -1.15. The molecule has 0 aliphatic carbocycles. The van der Waals surface area contributed by atoms with Crippen LogP contribution in [-0.4, -0.2) is 11.7 Å². The van der Waals surface area contributed by atoms with Gasteiger partial charge in [-0.1, -0.05) is 6.07 Å². The number of hydrogen-bond donors (Lipinski definition) is 2. The number of nitrogens with zero attached hydrogens (tertiary/aromatic N) is 1. The molecule has 0 bridgehead atoms. The maximum atomic E-state index is 13.0. The second-order valence-electron chi connectivity index (χ2n) is 3.32. The molecule has 3 nitrogen and oxygen atoms in total. The number of hydrogen-bond acceptors (Lipinski definition) is 3. The van der Waals surface area contributed by atoms with Crippen molar-refractivity contribution in [2.24, 2.45) is 5.73 Å². The summed E-state index contributed by atoms with van der Waals surface area (Å²) in [4.78, 5) is 0. The quantitative estimate of drug-likeness (QED) is 0.850. The Morgan fingerprint density at radius 1 is 1.50 bits per heavy atom. The molecule has 88 valence electrons. The number of benzene rings is 1. The van der Waals surface area contributed by atoms with Crippen LogP contribution in [0.1, 0.15) is 30.0 Å². The first-order valence-corrected chi connectivity index (χ1v) is 4.75. The molecule has 0 fully saturated rings. The van der Waals surface area contributed by atoms with E-state index in [4.69, 9.17) is 16.1 Å². The van der Waals surface area contributed by atoms with Gasteiger partial charge >= 0.3 is 0 Å². The van der Waals surface area contributed by atoms with Gasteiger partial charge in [-0.05, 0) is 30.5 Å². The minimum absolute atomic E-state index is 0. The molecule has 0 spiro atoms. The Kier molecular flexibility index (Phi) is 6.66. The maximum Gasteiger partial charge on any atom is 0.140 e. The zero-order valence-corrected chi connectivity index (χ0v) is 9.51. The van der Waals surface area contributed by atoms with Gasteiger partial charge in [-0.3, -0.25) is 0 Å². The van der Waals surface area contributed by atoms with Crippen LogP contribution in [0.4, 0.5) is 4.39 Å². The lowest BCUT2D eigenvalue weighted by Gasteiger charge is -2.11. The van der Waals surface area contributed by atoms with E-state index in [-0.39, 0.29) is 30.6 Å². The molecule has 1 aromatic rings. The van der Waals surface area contributed by atoms with E-state index in [9.17, 15) is 4.39 Å². The Balaban J connectivity index is 0.00000225. The van der Waals surface area contributed by atoms with E-state index >= 15 is 0 Å². The highest BCUT2D eigenvalue weighted by Crippen LogP contribution is 2.18. The second kappa shape index (κ2) is 7.18. The van der Waals surface area contributed by atoms with Crippen LogP contribution in [0.25, 0.3) is 0 Å². The van der Waals surface area contributed by atoms with Crippen molar-refractivity contribution in [3.05, 3.63) is 35.1 Å². The number of rotatable bonds is 4. The first-order chi connectivity index (χ1) is 7.19. The van der Waals surface area contributed by atoms with Crippen molar-refractivity contribution in [3.63, 3.8) is 0 Å². The smallest absolute Gasteiger partial charge is 0.140 e. The monoisotopic (exact) mass is 244 g/mol. The minimum atomic E-state index is -0.532. The summed E-state index contributed by atoms with van der Waals surface area (Å²) < 4.78 is 13.0. The Morgan fingerprint density at radius 3 is 2.75 bits per heavy atom. The molecule has 0 saturated carbocycles. The summed E-state index contributed by atoms with van der Waals surface area (Å²) >= 11 is 0. The summed E-state index contributed by atoms with van der Waals surface area (Å²) in [5.41, 5.74) is 6.54. The summed E-state index contributed by atoms with van der Waals surface area (Å²) in [5, 5.41) is 17.3. The molecular weight excluding hydrogens is 231 g/mol. The number of halogens is 2. The minimum Gasteiger partial charge on any atom is -0.396 e. The average Bonchev–Trinajstić information content (AvgIpc) is 2.26. The van der Waals surface area contributed by atoms with Gasteiger partial charge in [0.1, 0.15) is 11.9 Å². The summed E-state index contributed by atoms with van der Waals surface area (Å²) in [6.45, 7) is 0.0833. The van der Waals surface area contributed by atoms with Gasteiger partial charge in [0.25, 0.3) is 0 Å². The number of nitriles is 1. The largest absolute Gasteiger partial charge is 0.396 e. The fourth-order valence-corrected chi connectivity index (χ4v) is 1.34. The zero-order chi connectivity index (χ0) is 11.3. The van der Waals surface area contributed by atoms with E-state index in [1.54, 1.807) is 12.1 Å². The highest BCUT2D eigenvalue weighted by molar-refractivity contribution is 5.85. The van der Waals surface area contributed by atoms with Crippen LogP contribution < -0.4 is 5.73 Å². The molecule has 0 aliphatic heterocycles. The van der Waals surface area contributed by atoms with Gasteiger partial charge < -0.3 is 10.8 Å². The molecule has 0 radical (unpaired) electrons. The molecule has 0 heterocycles. The molecule has 0 saturated heterocycles. The lowest BCUT2D eigenvalue weighted by atomic mass is 10.0. The molecular formula is C11H14ClFN2O. The maximum absolute atomic E-state index is 13.0. The van der Waals surface area contributed by atoms with Crippen LogP contribution in [0, 0.1) is 17.1 Å². The molecule has 0 aliphatic rings. The molecule has 1 atom stereocenters. The highest BCUT2D eigenvalue weighted by atomic mass is 35.5. The molecule has 16 heavy (non-hydrogen) atoms. The predicted octanol–water partition coefficient (Wildman–Crippen LogP) is 1.89. The summed E-state index contributed by atoms with van der Waals surface area (Å²) in [7, 11) is 0. The highest BCUT2D eigenvalue weighted by Gasteiger charge is 2.08. The summed E-state index contributed by atoms with van der Waals surface area (Å²) in [5.74, 6) is -0.532. The normalized spacial score (nSPS) is 11.4.